The molecule has 116 valence electrons. The fourth-order valence-corrected chi connectivity index (χ4v) is 2.91. The predicted octanol–water partition coefficient (Wildman–Crippen LogP) is 1.88. The van der Waals surface area contributed by atoms with Gasteiger partial charge in [0.05, 0.1) is 24.9 Å². The van der Waals surface area contributed by atoms with Gasteiger partial charge in [-0.1, -0.05) is 0 Å². The first-order chi connectivity index (χ1) is 9.92. The molecule has 0 saturated carbocycles. The summed E-state index contributed by atoms with van der Waals surface area (Å²) in [4.78, 5) is 9.32. The van der Waals surface area contributed by atoms with E-state index in [9.17, 15) is 13.2 Å². The van der Waals surface area contributed by atoms with Gasteiger partial charge >= 0.3 is 6.18 Å². The van der Waals surface area contributed by atoms with Crippen LogP contribution in [0.3, 0.4) is 0 Å². The molecular formula is C13H16F3N3O2. The van der Waals surface area contributed by atoms with Crippen molar-refractivity contribution in [2.45, 2.75) is 30.7 Å². The standard InChI is InChI=1S/C13H16F3N3O2/c1-20-9-6-12(21-7-9)3-5-19(8-12)11-17-4-2-10(18-11)13(14,15)16/h2,4,9H,3,5-8H2,1H3. The largest absolute Gasteiger partial charge is 0.433 e. The maximum atomic E-state index is 12.7. The normalized spacial score (nSPS) is 29.5. The van der Waals surface area contributed by atoms with Crippen molar-refractivity contribution in [1.82, 2.24) is 9.97 Å². The van der Waals surface area contributed by atoms with Crippen LogP contribution in [-0.4, -0.2) is 48.5 Å². The molecule has 1 aromatic rings. The lowest BCUT2D eigenvalue weighted by atomic mass is 9.98. The number of alkyl halides is 3. The van der Waals surface area contributed by atoms with Gasteiger partial charge in [0.25, 0.3) is 0 Å². The quantitative estimate of drug-likeness (QED) is 0.835. The first-order valence-electron chi connectivity index (χ1n) is 6.74. The number of ether oxygens (including phenoxy) is 2. The van der Waals surface area contributed by atoms with Crippen LogP contribution in [0.1, 0.15) is 18.5 Å². The third-order valence-electron chi connectivity index (χ3n) is 4.04. The zero-order valence-corrected chi connectivity index (χ0v) is 11.6. The maximum Gasteiger partial charge on any atom is 0.433 e. The van der Waals surface area contributed by atoms with E-state index in [4.69, 9.17) is 9.47 Å². The van der Waals surface area contributed by atoms with Crippen LogP contribution in [0.2, 0.25) is 0 Å². The van der Waals surface area contributed by atoms with E-state index >= 15 is 0 Å². The number of nitrogens with zero attached hydrogens (tertiary/aromatic N) is 3. The molecule has 2 unspecified atom stereocenters. The summed E-state index contributed by atoms with van der Waals surface area (Å²) in [6.45, 7) is 1.60. The lowest BCUT2D eigenvalue weighted by Crippen LogP contribution is -2.33. The molecule has 5 nitrogen and oxygen atoms in total. The monoisotopic (exact) mass is 303 g/mol. The van der Waals surface area contributed by atoms with Gasteiger partial charge in [-0.15, -0.1) is 0 Å². The lowest BCUT2D eigenvalue weighted by Gasteiger charge is -2.23. The fourth-order valence-electron chi connectivity index (χ4n) is 2.91. The van der Waals surface area contributed by atoms with Crippen molar-refractivity contribution in [2.75, 3.05) is 31.7 Å². The van der Waals surface area contributed by atoms with Crippen LogP contribution < -0.4 is 4.90 Å². The summed E-state index contributed by atoms with van der Waals surface area (Å²) in [5.74, 6) is 0.103. The molecule has 1 spiro atoms. The minimum atomic E-state index is -4.46. The van der Waals surface area contributed by atoms with Gasteiger partial charge in [0.2, 0.25) is 5.95 Å². The Hall–Kier alpha value is -1.41. The third-order valence-corrected chi connectivity index (χ3v) is 4.04. The SMILES string of the molecule is COC1COC2(CCN(c3nccc(C(F)(F)F)n3)C2)C1. The highest BCUT2D eigenvalue weighted by molar-refractivity contribution is 5.34. The Bertz CT molecular complexity index is 526. The number of anilines is 1. The van der Waals surface area contributed by atoms with E-state index in [-0.39, 0.29) is 17.7 Å². The van der Waals surface area contributed by atoms with Crippen LogP contribution in [0.4, 0.5) is 19.1 Å². The molecule has 0 amide bonds. The van der Waals surface area contributed by atoms with E-state index in [2.05, 4.69) is 9.97 Å². The highest BCUT2D eigenvalue weighted by atomic mass is 19.4. The molecule has 8 heteroatoms. The van der Waals surface area contributed by atoms with Crippen LogP contribution in [0, 0.1) is 0 Å². The smallest absolute Gasteiger partial charge is 0.379 e. The summed E-state index contributed by atoms with van der Waals surface area (Å²) in [7, 11) is 1.63. The average molecular weight is 303 g/mol. The molecule has 2 aliphatic rings. The first kappa shape index (κ1) is 14.5. The summed E-state index contributed by atoms with van der Waals surface area (Å²) in [6.07, 6.45) is -1.78. The third kappa shape index (κ3) is 2.82. The van der Waals surface area contributed by atoms with Gasteiger partial charge in [0, 0.05) is 26.3 Å². The van der Waals surface area contributed by atoms with Crippen molar-refractivity contribution in [1.29, 1.82) is 0 Å². The number of hydrogen-bond donors (Lipinski definition) is 0. The fraction of sp³-hybridized carbons (Fsp3) is 0.692. The van der Waals surface area contributed by atoms with Crippen molar-refractivity contribution < 1.29 is 22.6 Å². The maximum absolute atomic E-state index is 12.7. The van der Waals surface area contributed by atoms with Gasteiger partial charge in [0.1, 0.15) is 5.69 Å². The topological polar surface area (TPSA) is 47.5 Å². The second-order valence-corrected chi connectivity index (χ2v) is 5.47. The minimum Gasteiger partial charge on any atom is -0.379 e. The second kappa shape index (κ2) is 5.10. The van der Waals surface area contributed by atoms with Crippen LogP contribution in [0.5, 0.6) is 0 Å². The Morgan fingerprint density at radius 3 is 2.95 bits per heavy atom. The summed E-state index contributed by atoms with van der Waals surface area (Å²) >= 11 is 0. The molecule has 3 heterocycles. The van der Waals surface area contributed by atoms with Crippen molar-refractivity contribution in [2.24, 2.45) is 0 Å². The van der Waals surface area contributed by atoms with E-state index < -0.39 is 11.9 Å². The molecule has 1 aromatic heterocycles. The second-order valence-electron chi connectivity index (χ2n) is 5.47. The minimum absolute atomic E-state index is 0.0485. The number of halogens is 3. The predicted molar refractivity (Wildman–Crippen MR) is 68.0 cm³/mol. The van der Waals surface area contributed by atoms with Crippen molar-refractivity contribution in [3.8, 4) is 0 Å². The van der Waals surface area contributed by atoms with Gasteiger partial charge in [-0.25, -0.2) is 9.97 Å². The molecule has 0 radical (unpaired) electrons. The molecular weight excluding hydrogens is 287 g/mol. The molecule has 2 saturated heterocycles. The zero-order valence-electron chi connectivity index (χ0n) is 11.6. The van der Waals surface area contributed by atoms with Gasteiger partial charge in [-0.3, -0.25) is 0 Å². The van der Waals surface area contributed by atoms with Gasteiger partial charge in [0.15, 0.2) is 0 Å². The van der Waals surface area contributed by atoms with Crippen molar-refractivity contribution in [3.63, 3.8) is 0 Å². The zero-order chi connectivity index (χ0) is 15.1. The van der Waals surface area contributed by atoms with Crippen molar-refractivity contribution >= 4 is 5.95 Å². The van der Waals surface area contributed by atoms with Crippen LogP contribution in [0.15, 0.2) is 12.3 Å². The molecule has 2 atom stereocenters. The number of aromatic nitrogens is 2. The molecule has 0 aliphatic carbocycles. The van der Waals surface area contributed by atoms with Crippen LogP contribution in [-0.2, 0) is 15.7 Å². The van der Waals surface area contributed by atoms with Crippen LogP contribution in [0.25, 0.3) is 0 Å². The van der Waals surface area contributed by atoms with Gasteiger partial charge in [-0.2, -0.15) is 13.2 Å². The van der Waals surface area contributed by atoms with E-state index in [0.29, 0.717) is 19.7 Å². The molecule has 0 bridgehead atoms. The van der Waals surface area contributed by atoms with E-state index in [1.807, 2.05) is 0 Å². The molecule has 21 heavy (non-hydrogen) atoms. The van der Waals surface area contributed by atoms with Gasteiger partial charge < -0.3 is 14.4 Å². The van der Waals surface area contributed by atoms with E-state index in [0.717, 1.165) is 25.1 Å². The highest BCUT2D eigenvalue weighted by Gasteiger charge is 2.46. The summed E-state index contributed by atoms with van der Waals surface area (Å²) in [6, 6.07) is 0.877. The Kier molecular flexibility index (Phi) is 3.53. The molecule has 2 aliphatic heterocycles. The Labute approximate surface area is 120 Å². The molecule has 3 rings (SSSR count). The molecule has 0 aromatic carbocycles. The average Bonchev–Trinajstić information content (AvgIpc) is 3.06. The van der Waals surface area contributed by atoms with E-state index in [1.165, 1.54) is 0 Å². The highest BCUT2D eigenvalue weighted by Crippen LogP contribution is 2.37. The Balaban J connectivity index is 1.75. The summed E-state index contributed by atoms with van der Waals surface area (Å²) < 4.78 is 49.2. The van der Waals surface area contributed by atoms with Crippen molar-refractivity contribution in [3.05, 3.63) is 18.0 Å². The first-order valence-corrected chi connectivity index (χ1v) is 6.74. The van der Waals surface area contributed by atoms with E-state index in [1.54, 1.807) is 12.0 Å². The molecule has 2 fully saturated rings. The number of rotatable bonds is 2. The lowest BCUT2D eigenvalue weighted by molar-refractivity contribution is -0.141. The van der Waals surface area contributed by atoms with Gasteiger partial charge in [-0.05, 0) is 12.5 Å². The number of hydrogen-bond acceptors (Lipinski definition) is 5. The summed E-state index contributed by atoms with van der Waals surface area (Å²) in [5, 5.41) is 0. The number of methoxy groups -OCH3 is 1. The summed E-state index contributed by atoms with van der Waals surface area (Å²) in [5.41, 5.74) is -1.27. The Morgan fingerprint density at radius 1 is 1.48 bits per heavy atom. The molecule has 0 N–H and O–H groups in total. The Morgan fingerprint density at radius 2 is 2.29 bits per heavy atom. The van der Waals surface area contributed by atoms with Crippen LogP contribution >= 0.6 is 0 Å².